The van der Waals surface area contributed by atoms with Gasteiger partial charge < -0.3 is 9.84 Å². The van der Waals surface area contributed by atoms with Gasteiger partial charge in [0.05, 0.1) is 17.1 Å². The zero-order valence-electron chi connectivity index (χ0n) is 11.6. The first kappa shape index (κ1) is 15.9. The van der Waals surface area contributed by atoms with Crippen molar-refractivity contribution >= 4 is 29.4 Å². The summed E-state index contributed by atoms with van der Waals surface area (Å²) in [4.78, 5) is 22.5. The Morgan fingerprint density at radius 2 is 1.82 bits per heavy atom. The molecule has 0 spiro atoms. The maximum absolute atomic E-state index is 11.8. The smallest absolute Gasteiger partial charge is 0.412 e. The fraction of sp³-hybridized carbons (Fsp3) is 0.125. The number of halogens is 1. The lowest BCUT2D eigenvalue weighted by atomic mass is 10.1. The topological polar surface area (TPSA) is 75.6 Å². The molecule has 22 heavy (non-hydrogen) atoms. The van der Waals surface area contributed by atoms with Gasteiger partial charge in [-0.3, -0.25) is 10.1 Å². The van der Waals surface area contributed by atoms with Gasteiger partial charge in [0.15, 0.2) is 0 Å². The summed E-state index contributed by atoms with van der Waals surface area (Å²) >= 11 is 6.08. The van der Waals surface area contributed by atoms with E-state index < -0.39 is 12.1 Å². The van der Waals surface area contributed by atoms with Gasteiger partial charge in [-0.2, -0.15) is 0 Å². The summed E-state index contributed by atoms with van der Waals surface area (Å²) in [6, 6.07) is 14.1. The normalized spacial score (nSPS) is 10.0. The van der Waals surface area contributed by atoms with Crippen molar-refractivity contribution in [3.05, 3.63) is 64.7 Å². The van der Waals surface area contributed by atoms with Gasteiger partial charge in [-0.25, -0.2) is 4.79 Å². The predicted octanol–water partition coefficient (Wildman–Crippen LogP) is 3.72. The number of carbonyl (C=O) groups is 2. The van der Waals surface area contributed by atoms with Gasteiger partial charge in [0.2, 0.25) is 0 Å². The lowest BCUT2D eigenvalue weighted by Crippen LogP contribution is -2.14. The number of benzene rings is 2. The van der Waals surface area contributed by atoms with E-state index in [-0.39, 0.29) is 18.1 Å². The maximum Gasteiger partial charge on any atom is 0.412 e. The van der Waals surface area contributed by atoms with Crippen LogP contribution in [0.4, 0.5) is 10.5 Å². The monoisotopic (exact) mass is 319 g/mol. The Kier molecular flexibility index (Phi) is 5.38. The Morgan fingerprint density at radius 1 is 1.09 bits per heavy atom. The summed E-state index contributed by atoms with van der Waals surface area (Å²) in [7, 11) is 0. The minimum Gasteiger partial charge on any atom is -0.481 e. The number of anilines is 1. The average Bonchev–Trinajstić information content (AvgIpc) is 2.50. The summed E-state index contributed by atoms with van der Waals surface area (Å²) in [5.41, 5.74) is 1.61. The number of aliphatic carboxylic acids is 1. The summed E-state index contributed by atoms with van der Waals surface area (Å²) in [5.74, 6) is -0.995. The minimum atomic E-state index is -0.995. The van der Waals surface area contributed by atoms with E-state index in [1.165, 1.54) is 0 Å². The third kappa shape index (κ3) is 4.49. The molecule has 2 rings (SSSR count). The van der Waals surface area contributed by atoms with Crippen LogP contribution in [0.15, 0.2) is 48.5 Å². The number of rotatable bonds is 5. The van der Waals surface area contributed by atoms with Crippen LogP contribution in [0.3, 0.4) is 0 Å². The van der Waals surface area contributed by atoms with Crippen LogP contribution >= 0.6 is 11.6 Å². The van der Waals surface area contributed by atoms with Crippen molar-refractivity contribution < 1.29 is 19.4 Å². The van der Waals surface area contributed by atoms with Gasteiger partial charge in [-0.15, -0.1) is 0 Å². The second-order valence-electron chi connectivity index (χ2n) is 4.54. The molecule has 6 heteroatoms. The highest BCUT2D eigenvalue weighted by molar-refractivity contribution is 6.34. The Bertz CT molecular complexity index is 673. The zero-order chi connectivity index (χ0) is 15.9. The van der Waals surface area contributed by atoms with Crippen LogP contribution in [-0.4, -0.2) is 17.2 Å². The number of nitrogens with one attached hydrogen (secondary N) is 1. The molecule has 0 heterocycles. The molecule has 0 radical (unpaired) electrons. The first-order valence-corrected chi connectivity index (χ1v) is 6.91. The summed E-state index contributed by atoms with van der Waals surface area (Å²) in [5, 5.41) is 11.5. The molecule has 0 aromatic heterocycles. The number of carbonyl (C=O) groups excluding carboxylic acids is 1. The molecule has 0 aliphatic heterocycles. The SMILES string of the molecule is O=C(O)Cc1cccc(NC(=O)OCc2ccccc2)c1Cl. The van der Waals surface area contributed by atoms with Crippen LogP contribution < -0.4 is 5.32 Å². The van der Waals surface area contributed by atoms with Gasteiger partial charge in [0, 0.05) is 0 Å². The fourth-order valence-electron chi connectivity index (χ4n) is 1.84. The Labute approximate surface area is 132 Å². The average molecular weight is 320 g/mol. The van der Waals surface area contributed by atoms with E-state index in [9.17, 15) is 9.59 Å². The molecule has 0 atom stereocenters. The molecule has 2 N–H and O–H groups in total. The third-order valence-electron chi connectivity index (χ3n) is 2.87. The minimum absolute atomic E-state index is 0.138. The van der Waals surface area contributed by atoms with E-state index in [0.717, 1.165) is 5.56 Å². The molecule has 0 saturated carbocycles. The zero-order valence-corrected chi connectivity index (χ0v) is 12.3. The van der Waals surface area contributed by atoms with Gasteiger partial charge in [0.25, 0.3) is 0 Å². The number of ether oxygens (including phenoxy) is 1. The lowest BCUT2D eigenvalue weighted by molar-refractivity contribution is -0.136. The van der Waals surface area contributed by atoms with Crippen LogP contribution in [0.1, 0.15) is 11.1 Å². The molecule has 0 fully saturated rings. The van der Waals surface area contributed by atoms with E-state index in [1.54, 1.807) is 18.2 Å². The quantitative estimate of drug-likeness (QED) is 0.880. The van der Waals surface area contributed by atoms with Crippen LogP contribution in [0.2, 0.25) is 5.02 Å². The predicted molar refractivity (Wildman–Crippen MR) is 83.0 cm³/mol. The standard InChI is InChI=1S/C16H14ClNO4/c17-15-12(9-14(19)20)7-4-8-13(15)18-16(21)22-10-11-5-2-1-3-6-11/h1-8H,9-10H2,(H,18,21)(H,19,20). The van der Waals surface area contributed by atoms with E-state index in [2.05, 4.69) is 5.32 Å². The van der Waals surface area contributed by atoms with Gasteiger partial charge in [0.1, 0.15) is 6.61 Å². The number of hydrogen-bond acceptors (Lipinski definition) is 3. The van der Waals surface area contributed by atoms with Crippen molar-refractivity contribution in [1.82, 2.24) is 0 Å². The highest BCUT2D eigenvalue weighted by Gasteiger charge is 2.12. The molecule has 114 valence electrons. The summed E-state index contributed by atoms with van der Waals surface area (Å²) < 4.78 is 5.08. The second kappa shape index (κ2) is 7.47. The molecule has 0 saturated heterocycles. The molecule has 0 unspecified atom stereocenters. The van der Waals surface area contributed by atoms with Crippen molar-refractivity contribution in [3.63, 3.8) is 0 Å². The van der Waals surface area contributed by atoms with Crippen LogP contribution in [-0.2, 0) is 22.6 Å². The molecule has 0 aliphatic rings. The third-order valence-corrected chi connectivity index (χ3v) is 3.32. The fourth-order valence-corrected chi connectivity index (χ4v) is 2.08. The molecule has 1 amide bonds. The number of carboxylic acids is 1. The van der Waals surface area contributed by atoms with Gasteiger partial charge in [-0.05, 0) is 17.2 Å². The molecular formula is C16H14ClNO4. The second-order valence-corrected chi connectivity index (χ2v) is 4.91. The van der Waals surface area contributed by atoms with Crippen LogP contribution in [0, 0.1) is 0 Å². The van der Waals surface area contributed by atoms with E-state index in [1.807, 2.05) is 30.3 Å². The van der Waals surface area contributed by atoms with Crippen LogP contribution in [0.25, 0.3) is 0 Å². The summed E-state index contributed by atoms with van der Waals surface area (Å²) in [6.45, 7) is 0.138. The first-order valence-electron chi connectivity index (χ1n) is 6.53. The Balaban J connectivity index is 1.98. The highest BCUT2D eigenvalue weighted by atomic mass is 35.5. The van der Waals surface area contributed by atoms with Gasteiger partial charge >= 0.3 is 12.1 Å². The Hall–Kier alpha value is -2.53. The van der Waals surface area contributed by atoms with E-state index in [0.29, 0.717) is 11.3 Å². The molecule has 0 bridgehead atoms. The van der Waals surface area contributed by atoms with Crippen molar-refractivity contribution in [2.24, 2.45) is 0 Å². The maximum atomic E-state index is 11.8. The molecular weight excluding hydrogens is 306 g/mol. The molecule has 5 nitrogen and oxygen atoms in total. The number of carboxylic acid groups (broad SMARTS) is 1. The lowest BCUT2D eigenvalue weighted by Gasteiger charge is -2.10. The van der Waals surface area contributed by atoms with E-state index in [4.69, 9.17) is 21.4 Å². The van der Waals surface area contributed by atoms with Crippen LogP contribution in [0.5, 0.6) is 0 Å². The summed E-state index contributed by atoms with van der Waals surface area (Å²) in [6.07, 6.45) is -0.869. The van der Waals surface area contributed by atoms with Gasteiger partial charge in [-0.1, -0.05) is 54.1 Å². The van der Waals surface area contributed by atoms with E-state index >= 15 is 0 Å². The highest BCUT2D eigenvalue weighted by Crippen LogP contribution is 2.26. The Morgan fingerprint density at radius 3 is 2.50 bits per heavy atom. The molecule has 2 aromatic rings. The number of hydrogen-bond donors (Lipinski definition) is 2. The number of amides is 1. The van der Waals surface area contributed by atoms with Crippen molar-refractivity contribution in [3.8, 4) is 0 Å². The molecule has 2 aromatic carbocycles. The first-order chi connectivity index (χ1) is 10.6. The van der Waals surface area contributed by atoms with Crippen molar-refractivity contribution in [2.75, 3.05) is 5.32 Å². The largest absolute Gasteiger partial charge is 0.481 e. The van der Waals surface area contributed by atoms with Crippen molar-refractivity contribution in [2.45, 2.75) is 13.0 Å². The van der Waals surface area contributed by atoms with Crippen molar-refractivity contribution in [1.29, 1.82) is 0 Å². The molecule has 0 aliphatic carbocycles.